The molecule has 1 aliphatic carbocycles. The maximum Gasteiger partial charge on any atom is 0.240 e. The van der Waals surface area contributed by atoms with Crippen LogP contribution in [0.2, 0.25) is 0 Å². The summed E-state index contributed by atoms with van der Waals surface area (Å²) >= 11 is 0. The van der Waals surface area contributed by atoms with Crippen molar-refractivity contribution in [2.45, 2.75) is 44.8 Å². The number of rotatable bonds is 5. The van der Waals surface area contributed by atoms with E-state index in [-0.39, 0.29) is 11.7 Å². The van der Waals surface area contributed by atoms with Gasteiger partial charge in [-0.05, 0) is 37.0 Å². The van der Waals surface area contributed by atoms with E-state index in [1.54, 1.807) is 18.2 Å². The molecule has 18 heavy (non-hydrogen) atoms. The Morgan fingerprint density at radius 2 is 2.28 bits per heavy atom. The first-order valence-corrected chi connectivity index (χ1v) is 6.45. The normalized spacial score (nSPS) is 16.3. The first-order chi connectivity index (χ1) is 8.61. The van der Waals surface area contributed by atoms with Gasteiger partial charge in [-0.2, -0.15) is 0 Å². The Hall–Kier alpha value is -1.55. The molecule has 1 atom stereocenters. The zero-order valence-electron chi connectivity index (χ0n) is 10.7. The second-order valence-electron chi connectivity index (χ2n) is 4.88. The zero-order valence-corrected chi connectivity index (χ0v) is 10.7. The lowest BCUT2D eigenvalue weighted by atomic mass is 10.1. The summed E-state index contributed by atoms with van der Waals surface area (Å²) in [6, 6.07) is 6.95. The maximum atomic E-state index is 12.2. The second kappa shape index (κ2) is 5.40. The van der Waals surface area contributed by atoms with Crippen molar-refractivity contribution in [3.63, 3.8) is 0 Å². The maximum absolute atomic E-state index is 12.2. The van der Waals surface area contributed by atoms with E-state index in [9.17, 15) is 9.90 Å². The fourth-order valence-corrected chi connectivity index (χ4v) is 2.01. The third-order valence-corrected chi connectivity index (χ3v) is 3.29. The molecular weight excluding hydrogens is 228 g/mol. The summed E-state index contributed by atoms with van der Waals surface area (Å²) in [5.74, 6) is 0.249. The Bertz CT molecular complexity index is 430. The van der Waals surface area contributed by atoms with Crippen LogP contribution in [-0.4, -0.2) is 28.0 Å². The zero-order chi connectivity index (χ0) is 13.1. The summed E-state index contributed by atoms with van der Waals surface area (Å²) in [4.78, 5) is 14.0. The highest BCUT2D eigenvalue weighted by Gasteiger charge is 2.34. The molecule has 0 heterocycles. The molecule has 98 valence electrons. The lowest BCUT2D eigenvalue weighted by Gasteiger charge is -2.25. The minimum Gasteiger partial charge on any atom is -0.508 e. The molecule has 0 aliphatic heterocycles. The number of carbonyl (C=O) groups is 1. The van der Waals surface area contributed by atoms with E-state index in [0.29, 0.717) is 19.0 Å². The van der Waals surface area contributed by atoms with Crippen LogP contribution in [0.3, 0.4) is 0 Å². The highest BCUT2D eigenvalue weighted by atomic mass is 16.3. The molecule has 0 aromatic heterocycles. The van der Waals surface area contributed by atoms with Crippen LogP contribution in [0.25, 0.3) is 0 Å². The third kappa shape index (κ3) is 3.01. The number of nitrogens with two attached hydrogens (primary N) is 1. The van der Waals surface area contributed by atoms with Gasteiger partial charge in [0, 0.05) is 12.6 Å². The summed E-state index contributed by atoms with van der Waals surface area (Å²) in [5, 5.41) is 9.45. The van der Waals surface area contributed by atoms with Crippen LogP contribution in [0.5, 0.6) is 5.75 Å². The van der Waals surface area contributed by atoms with Gasteiger partial charge in [-0.3, -0.25) is 4.79 Å². The van der Waals surface area contributed by atoms with E-state index >= 15 is 0 Å². The van der Waals surface area contributed by atoms with Gasteiger partial charge in [0.2, 0.25) is 5.91 Å². The molecule has 1 aliphatic rings. The number of phenolic OH excluding ortho intramolecular Hbond substituents is 1. The Morgan fingerprint density at radius 1 is 1.56 bits per heavy atom. The summed E-state index contributed by atoms with van der Waals surface area (Å²) in [7, 11) is 0. The Morgan fingerprint density at radius 3 is 2.83 bits per heavy atom. The average molecular weight is 248 g/mol. The number of hydrogen-bond acceptors (Lipinski definition) is 3. The lowest BCUT2D eigenvalue weighted by Crippen LogP contribution is -2.44. The van der Waals surface area contributed by atoms with Crippen LogP contribution in [0.1, 0.15) is 31.7 Å². The van der Waals surface area contributed by atoms with Crippen LogP contribution in [0.15, 0.2) is 24.3 Å². The van der Waals surface area contributed by atoms with Gasteiger partial charge >= 0.3 is 0 Å². The number of phenols is 1. The molecule has 3 N–H and O–H groups in total. The molecule has 1 aromatic rings. The van der Waals surface area contributed by atoms with Crippen molar-refractivity contribution < 1.29 is 9.90 Å². The molecule has 0 spiro atoms. The molecule has 1 saturated carbocycles. The fourth-order valence-electron chi connectivity index (χ4n) is 2.01. The van der Waals surface area contributed by atoms with Crippen LogP contribution < -0.4 is 5.73 Å². The SMILES string of the molecule is CC[C@@H](N)C(=O)N(Cc1cccc(O)c1)C1CC1. The van der Waals surface area contributed by atoms with Gasteiger partial charge in [-0.25, -0.2) is 0 Å². The van der Waals surface area contributed by atoms with Crippen LogP contribution in [0, 0.1) is 0 Å². The van der Waals surface area contributed by atoms with Gasteiger partial charge in [-0.1, -0.05) is 19.1 Å². The Labute approximate surface area is 107 Å². The van der Waals surface area contributed by atoms with Crippen molar-refractivity contribution in [3.05, 3.63) is 29.8 Å². The summed E-state index contributed by atoms with van der Waals surface area (Å²) in [6.45, 7) is 2.45. The Kier molecular flexibility index (Phi) is 3.87. The van der Waals surface area contributed by atoms with E-state index in [1.807, 2.05) is 17.9 Å². The average Bonchev–Trinajstić information content (AvgIpc) is 3.18. The number of nitrogens with zero attached hydrogens (tertiary/aromatic N) is 1. The van der Waals surface area contributed by atoms with Crippen LogP contribution in [-0.2, 0) is 11.3 Å². The quantitative estimate of drug-likeness (QED) is 0.832. The first kappa shape index (κ1) is 12.9. The number of amides is 1. The minimum absolute atomic E-state index is 0.0170. The second-order valence-corrected chi connectivity index (χ2v) is 4.88. The van der Waals surface area contributed by atoms with Gasteiger partial charge < -0.3 is 15.7 Å². The molecule has 0 unspecified atom stereocenters. The standard InChI is InChI=1S/C14H20N2O2/c1-2-13(15)14(18)16(11-6-7-11)9-10-4-3-5-12(17)8-10/h3-5,8,11,13,17H,2,6-7,9,15H2,1H3/t13-/m1/s1. The summed E-state index contributed by atoms with van der Waals surface area (Å²) in [5.41, 5.74) is 6.77. The summed E-state index contributed by atoms with van der Waals surface area (Å²) in [6.07, 6.45) is 2.77. The van der Waals surface area contributed by atoms with E-state index in [1.165, 1.54) is 0 Å². The molecule has 1 amide bonds. The summed E-state index contributed by atoms with van der Waals surface area (Å²) < 4.78 is 0. The van der Waals surface area contributed by atoms with Crippen LogP contribution >= 0.6 is 0 Å². The monoisotopic (exact) mass is 248 g/mol. The van der Waals surface area contributed by atoms with Gasteiger partial charge in [0.15, 0.2) is 0 Å². The number of hydrogen-bond donors (Lipinski definition) is 2. The van der Waals surface area contributed by atoms with Crippen molar-refractivity contribution >= 4 is 5.91 Å². The molecule has 1 aromatic carbocycles. The topological polar surface area (TPSA) is 66.6 Å². The van der Waals surface area contributed by atoms with Crippen molar-refractivity contribution in [2.24, 2.45) is 5.73 Å². The van der Waals surface area contributed by atoms with Gasteiger partial charge in [0.1, 0.15) is 5.75 Å². The minimum atomic E-state index is -0.414. The molecule has 0 saturated heterocycles. The fraction of sp³-hybridized carbons (Fsp3) is 0.500. The highest BCUT2D eigenvalue weighted by molar-refractivity contribution is 5.82. The molecule has 4 heteroatoms. The van der Waals surface area contributed by atoms with E-state index < -0.39 is 6.04 Å². The van der Waals surface area contributed by atoms with Crippen molar-refractivity contribution in [2.75, 3.05) is 0 Å². The predicted octanol–water partition coefficient (Wildman–Crippen LogP) is 1.62. The largest absolute Gasteiger partial charge is 0.508 e. The molecule has 0 bridgehead atoms. The first-order valence-electron chi connectivity index (χ1n) is 6.45. The molecule has 0 radical (unpaired) electrons. The predicted molar refractivity (Wildman–Crippen MR) is 69.9 cm³/mol. The smallest absolute Gasteiger partial charge is 0.240 e. The molecular formula is C14H20N2O2. The van der Waals surface area contributed by atoms with Gasteiger partial charge in [-0.15, -0.1) is 0 Å². The van der Waals surface area contributed by atoms with Gasteiger partial charge in [0.25, 0.3) is 0 Å². The van der Waals surface area contributed by atoms with Crippen LogP contribution in [0.4, 0.5) is 0 Å². The Balaban J connectivity index is 2.09. The number of carbonyl (C=O) groups excluding carboxylic acids is 1. The highest BCUT2D eigenvalue weighted by Crippen LogP contribution is 2.29. The lowest BCUT2D eigenvalue weighted by molar-refractivity contribution is -0.133. The van der Waals surface area contributed by atoms with Crippen molar-refractivity contribution in [1.29, 1.82) is 0 Å². The van der Waals surface area contributed by atoms with E-state index in [4.69, 9.17) is 5.73 Å². The van der Waals surface area contributed by atoms with Crippen molar-refractivity contribution in [1.82, 2.24) is 4.90 Å². The molecule has 1 fully saturated rings. The molecule has 2 rings (SSSR count). The molecule has 4 nitrogen and oxygen atoms in total. The number of benzene rings is 1. The van der Waals surface area contributed by atoms with E-state index in [0.717, 1.165) is 18.4 Å². The number of aromatic hydroxyl groups is 1. The third-order valence-electron chi connectivity index (χ3n) is 3.29. The van der Waals surface area contributed by atoms with Crippen molar-refractivity contribution in [3.8, 4) is 5.75 Å². The van der Waals surface area contributed by atoms with Gasteiger partial charge in [0.05, 0.1) is 6.04 Å². The van der Waals surface area contributed by atoms with E-state index in [2.05, 4.69) is 0 Å².